The first-order chi connectivity index (χ1) is 14.1. The van der Waals surface area contributed by atoms with Crippen LogP contribution in [-0.2, 0) is 0 Å². The van der Waals surface area contributed by atoms with Gasteiger partial charge in [-0.15, -0.1) is 0 Å². The number of rotatable bonds is 4. The van der Waals surface area contributed by atoms with E-state index in [1.165, 1.54) is 0 Å². The highest BCUT2D eigenvalue weighted by molar-refractivity contribution is 6.03. The minimum absolute atomic E-state index is 0.0405. The van der Waals surface area contributed by atoms with Crippen molar-refractivity contribution in [3.63, 3.8) is 0 Å². The number of aromatic nitrogens is 1. The number of hydrogen-bond acceptors (Lipinski definition) is 4. The number of nitrogens with zero attached hydrogens (tertiary/aromatic N) is 2. The van der Waals surface area contributed by atoms with Crippen LogP contribution in [0.5, 0.6) is 0 Å². The zero-order valence-corrected chi connectivity index (χ0v) is 16.3. The van der Waals surface area contributed by atoms with E-state index >= 15 is 0 Å². The van der Waals surface area contributed by atoms with Gasteiger partial charge >= 0.3 is 0 Å². The molecular weight excluding hydrogens is 366 g/mol. The largest absolute Gasteiger partial charge is 0.355 e. The number of carbonyl (C=O) groups is 2. The Labute approximate surface area is 169 Å². The molecule has 0 radical (unpaired) electrons. The van der Waals surface area contributed by atoms with Crippen molar-refractivity contribution in [1.82, 2.24) is 10.1 Å². The van der Waals surface area contributed by atoms with Crippen molar-refractivity contribution in [3.8, 4) is 11.3 Å². The van der Waals surface area contributed by atoms with Crippen molar-refractivity contribution in [3.05, 3.63) is 71.9 Å². The number of carbonyl (C=O) groups excluding carboxylic acids is 2. The molecule has 2 heterocycles. The number of piperidine rings is 1. The normalized spacial score (nSPS) is 14.6. The van der Waals surface area contributed by atoms with E-state index in [4.69, 9.17) is 4.52 Å². The minimum atomic E-state index is -0.361. The fourth-order valence-corrected chi connectivity index (χ4v) is 3.41. The van der Waals surface area contributed by atoms with Gasteiger partial charge in [0.2, 0.25) is 0 Å². The molecule has 4 rings (SSSR count). The third-order valence-electron chi connectivity index (χ3n) is 5.26. The van der Waals surface area contributed by atoms with Crippen LogP contribution < -0.4 is 5.32 Å². The summed E-state index contributed by atoms with van der Waals surface area (Å²) in [6.45, 7) is 3.82. The van der Waals surface area contributed by atoms with Crippen molar-refractivity contribution in [2.24, 2.45) is 5.92 Å². The molecule has 0 saturated carbocycles. The maximum absolute atomic E-state index is 12.6. The van der Waals surface area contributed by atoms with Crippen LogP contribution in [0.25, 0.3) is 11.3 Å². The summed E-state index contributed by atoms with van der Waals surface area (Å²) in [4.78, 5) is 27.0. The van der Waals surface area contributed by atoms with Crippen LogP contribution in [0.2, 0.25) is 0 Å². The molecule has 0 unspecified atom stereocenters. The second kappa shape index (κ2) is 8.31. The standard InChI is InChI=1S/C23H23N3O3/c1-16-11-13-26(14-12-16)23(28)18-7-9-19(10-8-18)24-22(27)20-15-21(29-25-20)17-5-3-2-4-6-17/h2-10,15-16H,11-14H2,1H3,(H,24,27). The molecule has 0 spiro atoms. The molecule has 1 aromatic heterocycles. The smallest absolute Gasteiger partial charge is 0.277 e. The van der Waals surface area contributed by atoms with E-state index in [1.807, 2.05) is 35.2 Å². The highest BCUT2D eigenvalue weighted by Gasteiger charge is 2.21. The molecule has 6 heteroatoms. The Kier molecular flexibility index (Phi) is 5.42. The highest BCUT2D eigenvalue weighted by Crippen LogP contribution is 2.21. The Morgan fingerprint density at radius 1 is 1.03 bits per heavy atom. The highest BCUT2D eigenvalue weighted by atomic mass is 16.5. The van der Waals surface area contributed by atoms with Crippen molar-refractivity contribution < 1.29 is 14.1 Å². The Balaban J connectivity index is 1.39. The average Bonchev–Trinajstić information content (AvgIpc) is 3.26. The molecular formula is C23H23N3O3. The first-order valence-corrected chi connectivity index (χ1v) is 9.83. The van der Waals surface area contributed by atoms with Gasteiger partial charge in [0.1, 0.15) is 0 Å². The Morgan fingerprint density at radius 2 is 1.72 bits per heavy atom. The molecule has 0 bridgehead atoms. The summed E-state index contributed by atoms with van der Waals surface area (Å²) in [5.74, 6) is 0.891. The van der Waals surface area contributed by atoms with Crippen LogP contribution in [0.15, 0.2) is 65.2 Å². The number of amides is 2. The molecule has 1 fully saturated rings. The van der Waals surface area contributed by atoms with E-state index in [9.17, 15) is 9.59 Å². The Morgan fingerprint density at radius 3 is 2.41 bits per heavy atom. The summed E-state index contributed by atoms with van der Waals surface area (Å²) >= 11 is 0. The van der Waals surface area contributed by atoms with Crippen molar-refractivity contribution >= 4 is 17.5 Å². The second-order valence-electron chi connectivity index (χ2n) is 7.45. The molecule has 1 aliphatic heterocycles. The third kappa shape index (κ3) is 4.37. The maximum Gasteiger partial charge on any atom is 0.277 e. The number of benzene rings is 2. The van der Waals surface area contributed by atoms with E-state index < -0.39 is 0 Å². The second-order valence-corrected chi connectivity index (χ2v) is 7.45. The molecule has 1 saturated heterocycles. The lowest BCUT2D eigenvalue weighted by Crippen LogP contribution is -2.37. The van der Waals surface area contributed by atoms with Gasteiger partial charge in [-0.1, -0.05) is 42.4 Å². The van der Waals surface area contributed by atoms with Gasteiger partial charge in [-0.25, -0.2) is 0 Å². The molecule has 6 nitrogen and oxygen atoms in total. The monoisotopic (exact) mass is 389 g/mol. The third-order valence-corrected chi connectivity index (χ3v) is 5.26. The summed E-state index contributed by atoms with van der Waals surface area (Å²) in [7, 11) is 0. The molecule has 29 heavy (non-hydrogen) atoms. The van der Waals surface area contributed by atoms with Gasteiger partial charge in [-0.2, -0.15) is 0 Å². The fourth-order valence-electron chi connectivity index (χ4n) is 3.41. The lowest BCUT2D eigenvalue weighted by atomic mass is 9.98. The SMILES string of the molecule is CC1CCN(C(=O)c2ccc(NC(=O)c3cc(-c4ccccc4)on3)cc2)CC1. The lowest BCUT2D eigenvalue weighted by molar-refractivity contribution is 0.0697. The predicted molar refractivity (Wildman–Crippen MR) is 111 cm³/mol. The van der Waals surface area contributed by atoms with Gasteiger partial charge in [-0.05, 0) is 43.0 Å². The number of hydrogen-bond donors (Lipinski definition) is 1. The summed E-state index contributed by atoms with van der Waals surface area (Å²) in [5.41, 5.74) is 2.29. The van der Waals surface area contributed by atoms with E-state index in [1.54, 1.807) is 30.3 Å². The van der Waals surface area contributed by atoms with Gasteiger partial charge < -0.3 is 14.7 Å². The van der Waals surface area contributed by atoms with Crippen molar-refractivity contribution in [1.29, 1.82) is 0 Å². The van der Waals surface area contributed by atoms with Gasteiger partial charge in [0.05, 0.1) is 0 Å². The first kappa shape index (κ1) is 18.9. The lowest BCUT2D eigenvalue weighted by Gasteiger charge is -2.30. The predicted octanol–water partition coefficient (Wildman–Crippen LogP) is 4.47. The first-order valence-electron chi connectivity index (χ1n) is 9.83. The molecule has 0 aliphatic carbocycles. The molecule has 148 valence electrons. The number of nitrogens with one attached hydrogen (secondary N) is 1. The number of anilines is 1. The summed E-state index contributed by atoms with van der Waals surface area (Å²) in [6.07, 6.45) is 2.09. The van der Waals surface area contributed by atoms with Crippen LogP contribution in [0.4, 0.5) is 5.69 Å². The number of likely N-dealkylation sites (tertiary alicyclic amines) is 1. The van der Waals surface area contributed by atoms with Crippen LogP contribution in [0.1, 0.15) is 40.6 Å². The molecule has 2 amide bonds. The van der Waals surface area contributed by atoms with Gasteiger partial charge in [-0.3, -0.25) is 9.59 Å². The Hall–Kier alpha value is -3.41. The Bertz CT molecular complexity index is 988. The summed E-state index contributed by atoms with van der Waals surface area (Å²) < 4.78 is 5.27. The minimum Gasteiger partial charge on any atom is -0.355 e. The van der Waals surface area contributed by atoms with E-state index in [2.05, 4.69) is 17.4 Å². The zero-order chi connectivity index (χ0) is 20.2. The fraction of sp³-hybridized carbons (Fsp3) is 0.261. The van der Waals surface area contributed by atoms with E-state index in [0.29, 0.717) is 22.9 Å². The van der Waals surface area contributed by atoms with Crippen LogP contribution in [0.3, 0.4) is 0 Å². The van der Waals surface area contributed by atoms with Crippen molar-refractivity contribution in [2.75, 3.05) is 18.4 Å². The topological polar surface area (TPSA) is 75.4 Å². The molecule has 1 aliphatic rings. The summed E-state index contributed by atoms with van der Waals surface area (Å²) in [5, 5.41) is 6.64. The molecule has 3 aromatic rings. The average molecular weight is 389 g/mol. The molecule has 0 atom stereocenters. The van der Waals surface area contributed by atoms with Gasteiger partial charge in [0.15, 0.2) is 11.5 Å². The van der Waals surface area contributed by atoms with Gasteiger partial charge in [0, 0.05) is 36.0 Å². The van der Waals surface area contributed by atoms with E-state index in [-0.39, 0.29) is 17.5 Å². The maximum atomic E-state index is 12.6. The quantitative estimate of drug-likeness (QED) is 0.714. The molecule has 1 N–H and O–H groups in total. The van der Waals surface area contributed by atoms with Crippen LogP contribution in [0, 0.1) is 5.92 Å². The van der Waals surface area contributed by atoms with Crippen LogP contribution in [-0.4, -0.2) is 35.0 Å². The van der Waals surface area contributed by atoms with Crippen LogP contribution >= 0.6 is 0 Å². The van der Waals surface area contributed by atoms with E-state index in [0.717, 1.165) is 31.5 Å². The van der Waals surface area contributed by atoms with Crippen molar-refractivity contribution in [2.45, 2.75) is 19.8 Å². The molecule has 2 aromatic carbocycles. The van der Waals surface area contributed by atoms with Gasteiger partial charge in [0.25, 0.3) is 11.8 Å². The zero-order valence-electron chi connectivity index (χ0n) is 16.3. The summed E-state index contributed by atoms with van der Waals surface area (Å²) in [6, 6.07) is 18.0.